The fourth-order valence-corrected chi connectivity index (χ4v) is 4.29. The van der Waals surface area contributed by atoms with Crippen molar-refractivity contribution in [1.82, 2.24) is 5.43 Å². The first-order valence-corrected chi connectivity index (χ1v) is 11.4. The lowest BCUT2D eigenvalue weighted by molar-refractivity contribution is -0.384. The van der Waals surface area contributed by atoms with Crippen LogP contribution in [0.3, 0.4) is 0 Å². The minimum absolute atomic E-state index is 0.0795. The van der Waals surface area contributed by atoms with Crippen molar-refractivity contribution in [2.24, 2.45) is 0 Å². The van der Waals surface area contributed by atoms with Crippen LogP contribution in [-0.4, -0.2) is 26.4 Å². The number of rotatable bonds is 9. The average Bonchev–Trinajstić information content (AvgIpc) is 3.30. The van der Waals surface area contributed by atoms with Gasteiger partial charge in [0, 0.05) is 17.0 Å². The summed E-state index contributed by atoms with van der Waals surface area (Å²) in [6.07, 6.45) is 2.86. The standard InChI is InChI=1S/C20H18N4O6S2/c1-30-19-7-3-2-6-17(19)23-32(28,29)15-9-10-16(18(13-15)24(26)27)21-22-20(25)11-8-14-5-4-12-31-14/h2-13,21,23H,1H3,(H,22,25)/b11-8-. The molecule has 1 heterocycles. The Morgan fingerprint density at radius 2 is 1.91 bits per heavy atom. The molecule has 0 spiro atoms. The van der Waals surface area contributed by atoms with Crippen molar-refractivity contribution in [3.63, 3.8) is 0 Å². The molecule has 3 aromatic rings. The first-order chi connectivity index (χ1) is 15.3. The molecule has 0 atom stereocenters. The molecule has 2 aromatic carbocycles. The van der Waals surface area contributed by atoms with Gasteiger partial charge in [-0.15, -0.1) is 11.3 Å². The van der Waals surface area contributed by atoms with Crippen LogP contribution < -0.4 is 20.3 Å². The molecule has 3 rings (SSSR count). The molecule has 0 aliphatic heterocycles. The molecule has 0 aliphatic rings. The van der Waals surface area contributed by atoms with Crippen LogP contribution in [0.15, 0.2) is 70.9 Å². The first kappa shape index (κ1) is 22.8. The summed E-state index contributed by atoms with van der Waals surface area (Å²) in [6.45, 7) is 0. The number of nitrogens with zero attached hydrogens (tertiary/aromatic N) is 1. The SMILES string of the molecule is COc1ccccc1NS(=O)(=O)c1ccc(NNC(=O)/C=C\c2cccs2)c([N+](=O)[O-])c1. The normalized spacial score (nSPS) is 11.2. The van der Waals surface area contributed by atoms with Gasteiger partial charge in [0.25, 0.3) is 21.6 Å². The minimum Gasteiger partial charge on any atom is -0.495 e. The molecule has 10 nitrogen and oxygen atoms in total. The summed E-state index contributed by atoms with van der Waals surface area (Å²) in [5, 5.41) is 13.3. The third kappa shape index (κ3) is 5.62. The number of nitrogens with one attached hydrogen (secondary N) is 3. The van der Waals surface area contributed by atoms with Crippen LogP contribution in [0.5, 0.6) is 5.75 Å². The van der Waals surface area contributed by atoms with E-state index in [4.69, 9.17) is 4.74 Å². The predicted molar refractivity (Wildman–Crippen MR) is 122 cm³/mol. The number of sulfonamides is 1. The van der Waals surface area contributed by atoms with Gasteiger partial charge in [-0.25, -0.2) is 8.42 Å². The molecule has 166 valence electrons. The van der Waals surface area contributed by atoms with Crippen molar-refractivity contribution in [2.75, 3.05) is 17.3 Å². The number of methoxy groups -OCH3 is 1. The third-order valence-corrected chi connectivity index (χ3v) is 6.29. The molecular formula is C20H18N4O6S2. The number of nitro benzene ring substituents is 1. The van der Waals surface area contributed by atoms with Crippen LogP contribution in [0, 0.1) is 10.1 Å². The van der Waals surface area contributed by atoms with Gasteiger partial charge in [-0.2, -0.15) is 0 Å². The first-order valence-electron chi connectivity index (χ1n) is 9.02. The van der Waals surface area contributed by atoms with Crippen molar-refractivity contribution >= 4 is 50.4 Å². The minimum atomic E-state index is -4.14. The largest absolute Gasteiger partial charge is 0.495 e. The number of hydrogen-bond donors (Lipinski definition) is 3. The average molecular weight is 475 g/mol. The lowest BCUT2D eigenvalue weighted by Gasteiger charge is -2.12. The maximum atomic E-state index is 12.7. The molecular weight excluding hydrogens is 456 g/mol. The Morgan fingerprint density at radius 3 is 2.59 bits per heavy atom. The lowest BCUT2D eigenvalue weighted by Crippen LogP contribution is -2.28. The number of benzene rings is 2. The highest BCUT2D eigenvalue weighted by Gasteiger charge is 2.22. The van der Waals surface area contributed by atoms with E-state index in [0.717, 1.165) is 10.9 Å². The summed E-state index contributed by atoms with van der Waals surface area (Å²) < 4.78 is 32.9. The monoisotopic (exact) mass is 474 g/mol. The summed E-state index contributed by atoms with van der Waals surface area (Å²) in [6, 6.07) is 13.3. The van der Waals surface area contributed by atoms with Gasteiger partial charge in [0.15, 0.2) is 0 Å². The number of amides is 1. The van der Waals surface area contributed by atoms with E-state index in [1.807, 2.05) is 17.5 Å². The molecule has 12 heteroatoms. The Morgan fingerprint density at radius 1 is 1.12 bits per heavy atom. The van der Waals surface area contributed by atoms with Crippen molar-refractivity contribution < 1.29 is 22.9 Å². The van der Waals surface area contributed by atoms with Crippen molar-refractivity contribution in [3.8, 4) is 5.75 Å². The highest BCUT2D eigenvalue weighted by atomic mass is 32.2. The number of anilines is 2. The van der Waals surface area contributed by atoms with Crippen LogP contribution in [0.25, 0.3) is 6.08 Å². The molecule has 3 N–H and O–H groups in total. The molecule has 0 aliphatic carbocycles. The van der Waals surface area contributed by atoms with E-state index in [1.54, 1.807) is 24.3 Å². The van der Waals surface area contributed by atoms with Crippen LogP contribution in [0.4, 0.5) is 17.1 Å². The predicted octanol–water partition coefficient (Wildman–Crippen LogP) is 3.62. The number of thiophene rings is 1. The van der Waals surface area contributed by atoms with E-state index < -0.39 is 26.5 Å². The van der Waals surface area contributed by atoms with E-state index >= 15 is 0 Å². The fraction of sp³-hybridized carbons (Fsp3) is 0.0500. The van der Waals surface area contributed by atoms with Gasteiger partial charge in [-0.1, -0.05) is 18.2 Å². The fourth-order valence-electron chi connectivity index (χ4n) is 2.58. The Hall–Kier alpha value is -3.90. The van der Waals surface area contributed by atoms with Gasteiger partial charge >= 0.3 is 0 Å². The molecule has 1 aromatic heterocycles. The number of carbonyl (C=O) groups excluding carboxylic acids is 1. The van der Waals surface area contributed by atoms with Gasteiger partial charge < -0.3 is 4.74 Å². The highest BCUT2D eigenvalue weighted by molar-refractivity contribution is 7.92. The highest BCUT2D eigenvalue weighted by Crippen LogP contribution is 2.30. The molecule has 0 unspecified atom stereocenters. The van der Waals surface area contributed by atoms with E-state index in [9.17, 15) is 23.3 Å². The topological polar surface area (TPSA) is 140 Å². The second-order valence-electron chi connectivity index (χ2n) is 6.20. The van der Waals surface area contributed by atoms with Gasteiger partial charge in [0.1, 0.15) is 11.4 Å². The second kappa shape index (κ2) is 9.94. The zero-order chi connectivity index (χ0) is 23.1. The number of nitro groups is 1. The van der Waals surface area contributed by atoms with E-state index in [1.165, 1.54) is 42.7 Å². The Labute approximate surface area is 187 Å². The molecule has 1 amide bonds. The zero-order valence-electron chi connectivity index (χ0n) is 16.6. The molecule has 32 heavy (non-hydrogen) atoms. The van der Waals surface area contributed by atoms with Gasteiger partial charge in [0.05, 0.1) is 22.6 Å². The molecule has 0 saturated carbocycles. The van der Waals surface area contributed by atoms with Gasteiger partial charge in [0.2, 0.25) is 0 Å². The van der Waals surface area contributed by atoms with Crippen molar-refractivity contribution in [3.05, 3.63) is 81.0 Å². The number of para-hydroxylation sites is 2. The Balaban J connectivity index is 1.78. The van der Waals surface area contributed by atoms with Crippen LogP contribution in [0.2, 0.25) is 0 Å². The van der Waals surface area contributed by atoms with E-state index in [0.29, 0.717) is 5.75 Å². The van der Waals surface area contributed by atoms with Gasteiger partial charge in [-0.3, -0.25) is 30.5 Å². The Kier molecular flexibility index (Phi) is 7.07. The van der Waals surface area contributed by atoms with Crippen LogP contribution in [0.1, 0.15) is 4.88 Å². The summed E-state index contributed by atoms with van der Waals surface area (Å²) >= 11 is 1.45. The zero-order valence-corrected chi connectivity index (χ0v) is 18.3. The van der Waals surface area contributed by atoms with Crippen molar-refractivity contribution in [2.45, 2.75) is 4.90 Å². The maximum absolute atomic E-state index is 12.7. The number of carbonyl (C=O) groups is 1. The van der Waals surface area contributed by atoms with E-state index in [-0.39, 0.29) is 16.3 Å². The molecule has 0 radical (unpaired) electrons. The summed E-state index contributed by atoms with van der Waals surface area (Å²) in [7, 11) is -2.75. The summed E-state index contributed by atoms with van der Waals surface area (Å²) in [5.41, 5.74) is 4.33. The smallest absolute Gasteiger partial charge is 0.295 e. The summed E-state index contributed by atoms with van der Waals surface area (Å²) in [5.74, 6) is -0.246. The van der Waals surface area contributed by atoms with E-state index in [2.05, 4.69) is 15.6 Å². The molecule has 0 bridgehead atoms. The van der Waals surface area contributed by atoms with Crippen LogP contribution in [-0.2, 0) is 14.8 Å². The third-order valence-electron chi connectivity index (χ3n) is 4.09. The maximum Gasteiger partial charge on any atom is 0.295 e. The second-order valence-corrected chi connectivity index (χ2v) is 8.87. The number of hydrogen-bond acceptors (Lipinski definition) is 8. The Bertz CT molecular complexity index is 1260. The molecule has 0 fully saturated rings. The van der Waals surface area contributed by atoms with Crippen molar-refractivity contribution in [1.29, 1.82) is 0 Å². The number of ether oxygens (including phenoxy) is 1. The quantitative estimate of drug-likeness (QED) is 0.244. The van der Waals surface area contributed by atoms with Gasteiger partial charge in [-0.05, 0) is 41.8 Å². The van der Waals surface area contributed by atoms with Crippen LogP contribution >= 0.6 is 11.3 Å². The molecule has 0 saturated heterocycles. The summed E-state index contributed by atoms with van der Waals surface area (Å²) in [4.78, 5) is 23.2. The number of hydrazine groups is 1. The lowest BCUT2D eigenvalue weighted by atomic mass is 10.3.